The normalized spacial score (nSPS) is 11.8. The first-order valence-electron chi connectivity index (χ1n) is 16.4. The number of thiophene rings is 1. The fourth-order valence-corrected chi connectivity index (χ4v) is 8.86. The van der Waals surface area contributed by atoms with E-state index in [2.05, 4.69) is 181 Å². The highest BCUT2D eigenvalue weighted by Crippen LogP contribution is 2.47. The highest BCUT2D eigenvalue weighted by atomic mass is 32.1. The molecule has 1 nitrogen and oxygen atoms in total. The summed E-state index contributed by atoms with van der Waals surface area (Å²) in [5.74, 6) is 0. The molecule has 0 unspecified atom stereocenters. The van der Waals surface area contributed by atoms with Gasteiger partial charge < -0.3 is 4.90 Å². The van der Waals surface area contributed by atoms with E-state index >= 15 is 0 Å². The fourth-order valence-electron chi connectivity index (χ4n) is 7.62. The minimum Gasteiger partial charge on any atom is -0.309 e. The van der Waals surface area contributed by atoms with Crippen LogP contribution < -0.4 is 4.90 Å². The maximum absolute atomic E-state index is 2.48. The van der Waals surface area contributed by atoms with Crippen molar-refractivity contribution in [2.24, 2.45) is 0 Å². The zero-order chi connectivity index (χ0) is 31.6. The predicted molar refractivity (Wildman–Crippen MR) is 209 cm³/mol. The van der Waals surface area contributed by atoms with E-state index in [4.69, 9.17) is 0 Å². The molecule has 0 bridgehead atoms. The number of hydrogen-bond acceptors (Lipinski definition) is 2. The van der Waals surface area contributed by atoms with Gasteiger partial charge in [0.1, 0.15) is 0 Å². The highest BCUT2D eigenvalue weighted by Gasteiger charge is 2.21. The van der Waals surface area contributed by atoms with Crippen LogP contribution in [0.15, 0.2) is 176 Å². The molecule has 0 aliphatic heterocycles. The van der Waals surface area contributed by atoms with Gasteiger partial charge in [-0.15, -0.1) is 11.3 Å². The molecular weight excluding hydrogens is 599 g/mol. The molecule has 0 aliphatic rings. The van der Waals surface area contributed by atoms with Crippen LogP contribution in [-0.2, 0) is 0 Å². The first kappa shape index (κ1) is 27.2. The molecule has 0 aliphatic carbocycles. The molecule has 0 spiro atoms. The third kappa shape index (κ3) is 4.17. The van der Waals surface area contributed by atoms with E-state index in [9.17, 15) is 0 Å². The molecule has 10 aromatic rings. The molecule has 0 atom stereocenters. The average Bonchev–Trinajstić information content (AvgIpc) is 3.54. The van der Waals surface area contributed by atoms with Gasteiger partial charge in [-0.3, -0.25) is 0 Å². The van der Waals surface area contributed by atoms with Crippen molar-refractivity contribution in [2.75, 3.05) is 4.90 Å². The lowest BCUT2D eigenvalue weighted by atomic mass is 9.94. The summed E-state index contributed by atoms with van der Waals surface area (Å²) in [7, 11) is 0. The van der Waals surface area contributed by atoms with Crippen LogP contribution in [0, 0.1) is 0 Å². The number of benzene rings is 9. The summed E-state index contributed by atoms with van der Waals surface area (Å²) in [5, 5.41) is 12.8. The molecule has 0 radical (unpaired) electrons. The highest BCUT2D eigenvalue weighted by molar-refractivity contribution is 7.26. The lowest BCUT2D eigenvalue weighted by Gasteiger charge is -2.30. The number of para-hydroxylation sites is 1. The van der Waals surface area contributed by atoms with E-state index < -0.39 is 0 Å². The number of anilines is 3. The summed E-state index contributed by atoms with van der Waals surface area (Å²) in [4.78, 5) is 2.48. The summed E-state index contributed by atoms with van der Waals surface area (Å²) in [6.45, 7) is 0. The van der Waals surface area contributed by atoms with Crippen LogP contribution >= 0.6 is 11.3 Å². The molecule has 224 valence electrons. The second kappa shape index (κ2) is 10.8. The quantitative estimate of drug-likeness (QED) is 0.176. The first-order chi connectivity index (χ1) is 23.8. The third-order valence-corrected chi connectivity index (χ3v) is 11.0. The van der Waals surface area contributed by atoms with Crippen LogP contribution in [0.25, 0.3) is 74.4 Å². The molecule has 0 saturated carbocycles. The smallest absolute Gasteiger partial charge is 0.0546 e. The average molecular weight is 628 g/mol. The van der Waals surface area contributed by atoms with Crippen LogP contribution in [0.2, 0.25) is 0 Å². The number of fused-ring (bicyclic) bond motifs is 10. The first-order valence-corrected chi connectivity index (χ1v) is 17.3. The maximum Gasteiger partial charge on any atom is 0.0546 e. The second-order valence-corrected chi connectivity index (χ2v) is 13.5. The van der Waals surface area contributed by atoms with E-state index in [1.54, 1.807) is 0 Å². The molecule has 2 heteroatoms. The van der Waals surface area contributed by atoms with Gasteiger partial charge in [-0.25, -0.2) is 0 Å². The molecule has 48 heavy (non-hydrogen) atoms. The largest absolute Gasteiger partial charge is 0.309 e. The van der Waals surface area contributed by atoms with Crippen molar-refractivity contribution in [3.63, 3.8) is 0 Å². The molecule has 0 saturated heterocycles. The van der Waals surface area contributed by atoms with Crippen molar-refractivity contribution in [3.05, 3.63) is 176 Å². The van der Waals surface area contributed by atoms with Gasteiger partial charge in [0.2, 0.25) is 0 Å². The van der Waals surface area contributed by atoms with E-state index in [0.29, 0.717) is 0 Å². The minimum atomic E-state index is 1.14. The van der Waals surface area contributed by atoms with E-state index in [-0.39, 0.29) is 0 Å². The van der Waals surface area contributed by atoms with Crippen molar-refractivity contribution in [1.29, 1.82) is 0 Å². The van der Waals surface area contributed by atoms with E-state index in [0.717, 1.165) is 11.4 Å². The zero-order valence-electron chi connectivity index (χ0n) is 26.1. The summed E-state index contributed by atoms with van der Waals surface area (Å²) in [6, 6.07) is 64.5. The van der Waals surface area contributed by atoms with Crippen LogP contribution in [0.1, 0.15) is 0 Å². The van der Waals surface area contributed by atoms with Gasteiger partial charge in [0, 0.05) is 36.8 Å². The van der Waals surface area contributed by atoms with Gasteiger partial charge in [-0.05, 0) is 73.6 Å². The Labute approximate surface area is 282 Å². The lowest BCUT2D eigenvalue weighted by Crippen LogP contribution is -2.12. The summed E-state index contributed by atoms with van der Waals surface area (Å²) < 4.78 is 2.68. The number of nitrogens with zero attached hydrogens (tertiary/aromatic N) is 1. The van der Waals surface area contributed by atoms with Crippen LogP contribution in [0.5, 0.6) is 0 Å². The molecule has 9 aromatic carbocycles. The van der Waals surface area contributed by atoms with Gasteiger partial charge in [0.15, 0.2) is 0 Å². The second-order valence-electron chi connectivity index (χ2n) is 12.5. The van der Waals surface area contributed by atoms with Crippen molar-refractivity contribution in [2.45, 2.75) is 0 Å². The Balaban J connectivity index is 1.29. The Kier molecular flexibility index (Phi) is 6.12. The topological polar surface area (TPSA) is 3.24 Å². The van der Waals surface area contributed by atoms with Crippen molar-refractivity contribution in [1.82, 2.24) is 0 Å². The Hall–Kier alpha value is -5.96. The van der Waals surface area contributed by atoms with Gasteiger partial charge in [0.05, 0.1) is 11.4 Å². The summed E-state index contributed by atoms with van der Waals surface area (Å²) in [6.07, 6.45) is 0. The molecule has 0 amide bonds. The molecule has 1 aromatic heterocycles. The Morgan fingerprint density at radius 1 is 0.375 bits per heavy atom. The monoisotopic (exact) mass is 627 g/mol. The molecular formula is C46H29NS. The van der Waals surface area contributed by atoms with Gasteiger partial charge in [-0.2, -0.15) is 0 Å². The molecule has 0 fully saturated rings. The van der Waals surface area contributed by atoms with Gasteiger partial charge >= 0.3 is 0 Å². The Morgan fingerprint density at radius 3 is 1.94 bits per heavy atom. The fraction of sp³-hybridized carbons (Fsp3) is 0. The van der Waals surface area contributed by atoms with Crippen LogP contribution in [0.3, 0.4) is 0 Å². The Bertz CT molecular complexity index is 2850. The van der Waals surface area contributed by atoms with Crippen molar-refractivity contribution in [3.8, 4) is 11.1 Å². The summed E-state index contributed by atoms with van der Waals surface area (Å²) in [5.41, 5.74) is 5.84. The minimum absolute atomic E-state index is 1.14. The van der Waals surface area contributed by atoms with E-state index in [1.807, 2.05) is 11.3 Å². The third-order valence-electron chi connectivity index (χ3n) is 9.80. The molecule has 0 N–H and O–H groups in total. The van der Waals surface area contributed by atoms with Gasteiger partial charge in [0.25, 0.3) is 0 Å². The predicted octanol–water partition coefficient (Wildman–Crippen LogP) is 13.8. The molecule has 10 rings (SSSR count). The maximum atomic E-state index is 2.48. The van der Waals surface area contributed by atoms with E-state index in [1.165, 1.54) is 80.1 Å². The van der Waals surface area contributed by atoms with Crippen molar-refractivity contribution >= 4 is 91.7 Å². The number of hydrogen-bond donors (Lipinski definition) is 0. The lowest BCUT2D eigenvalue weighted by molar-refractivity contribution is 1.31. The summed E-state index contributed by atoms with van der Waals surface area (Å²) >= 11 is 1.89. The Morgan fingerprint density at radius 2 is 1.04 bits per heavy atom. The SMILES string of the molecule is c1ccc(-c2ccccc2N(c2ccc3c(ccc4c5ccccc5sc34)c2)c2cc3ccc4ccccc4c3c3ccccc23)cc1. The number of rotatable bonds is 4. The van der Waals surface area contributed by atoms with Crippen LogP contribution in [-0.4, -0.2) is 0 Å². The zero-order valence-corrected chi connectivity index (χ0v) is 26.9. The van der Waals surface area contributed by atoms with Gasteiger partial charge in [-0.1, -0.05) is 146 Å². The van der Waals surface area contributed by atoms with Crippen LogP contribution in [0.4, 0.5) is 17.1 Å². The van der Waals surface area contributed by atoms with Crippen molar-refractivity contribution < 1.29 is 0 Å². The molecule has 1 heterocycles. The standard InChI is InChI=1S/C46H29NS/c1-2-12-30(13-3-1)35-15-8-10-20-42(35)47(34-25-27-37-32(28-34)24-26-41-39-18-9-11-21-44(39)48-46(37)41)43-29-33-23-22-31-14-4-5-16-36(31)45(33)40-19-7-6-17-38(40)43/h1-29H.